The highest BCUT2D eigenvalue weighted by molar-refractivity contribution is 5.02. The average Bonchev–Trinajstić information content (AvgIpc) is 3.66. The topological polar surface area (TPSA) is 0 Å². The van der Waals surface area contributed by atoms with Crippen LogP contribution in [0.4, 0.5) is 0 Å². The quantitative estimate of drug-likeness (QED) is 0.257. The van der Waals surface area contributed by atoms with Crippen LogP contribution < -0.4 is 0 Å². The van der Waals surface area contributed by atoms with Gasteiger partial charge in [-0.2, -0.15) is 0 Å². The van der Waals surface area contributed by atoms with E-state index in [0.717, 1.165) is 86.3 Å². The summed E-state index contributed by atoms with van der Waals surface area (Å²) in [6, 6.07) is 0. The summed E-state index contributed by atoms with van der Waals surface area (Å²) in [5.41, 5.74) is 6.92. The number of hydrogen-bond acceptors (Lipinski definition) is 0. The molecular weight excluding hydrogens is 949 g/mol. The predicted molar refractivity (Wildman–Crippen MR) is 353 cm³/mol. The molecule has 464 valence electrons. The smallest absolute Gasteiger partial charge is 0.0243 e. The molecule has 0 amide bonds. The van der Waals surface area contributed by atoms with Gasteiger partial charge in [0.25, 0.3) is 0 Å². The molecule has 0 heterocycles. The second kappa shape index (κ2) is 27.8. The van der Waals surface area contributed by atoms with E-state index in [2.05, 4.69) is 138 Å². The first-order valence-electron chi connectivity index (χ1n) is 36.7. The van der Waals surface area contributed by atoms with Gasteiger partial charge in [-0.3, -0.25) is 0 Å². The Hall–Kier alpha value is 0. The third-order valence-electron chi connectivity index (χ3n) is 27.8. The van der Waals surface area contributed by atoms with Crippen molar-refractivity contribution in [1.82, 2.24) is 0 Å². The predicted octanol–water partition coefficient (Wildman–Crippen LogP) is 26.7. The molecule has 0 aromatic rings. The highest BCUT2D eigenvalue weighted by atomic mass is 14.6. The molecule has 0 saturated heterocycles. The lowest BCUT2D eigenvalue weighted by Gasteiger charge is -2.50. The summed E-state index contributed by atoms with van der Waals surface area (Å²) in [6.45, 7) is 49.1. The van der Waals surface area contributed by atoms with Crippen LogP contribution in [0, 0.1) is 113 Å². The Morgan fingerprint density at radius 1 is 0.228 bits per heavy atom. The first-order valence-corrected chi connectivity index (χ1v) is 36.7. The van der Waals surface area contributed by atoms with Crippen LogP contribution in [-0.4, -0.2) is 0 Å². The molecule has 0 bridgehead atoms. The molecular formula is C79H148. The molecule has 79 heavy (non-hydrogen) atoms. The number of hydrogen-bond donors (Lipinski definition) is 0. The summed E-state index contributed by atoms with van der Waals surface area (Å²) in [6.07, 6.45) is 58.7. The molecule has 10 aliphatic carbocycles. The lowest BCUT2D eigenvalue weighted by atomic mass is 9.55. The van der Waals surface area contributed by atoms with Crippen LogP contribution in [0.1, 0.15) is 389 Å². The molecule has 5 spiro atoms. The summed E-state index contributed by atoms with van der Waals surface area (Å²) < 4.78 is 0. The molecule has 5 unspecified atom stereocenters. The lowest BCUT2D eigenvalue weighted by Crippen LogP contribution is -2.38. The molecule has 10 rings (SSSR count). The molecule has 10 saturated carbocycles. The standard InChI is InChI=1S/4C16H30.C15H28/c1-13(2)14-6-10-16(11-7-14)9-5-8-15(3,4)12-16;1-13(2)14-5-7-16(8-6-14)11-9-15(3,4)10-12-16;1-13(2)14-7-5-9-16(11-14)10-6-8-15(3,4)12-16;1-13(2)14-6-5-7-16(12-14)10-8-15(3,4)9-11-16;1-12(2)13-7-5-9-15(11-13)10-6-8-14(15,3)4/h4*13-14H,5-12H2,1-4H3;12-13H,5-11H2,1-4H3. The van der Waals surface area contributed by atoms with E-state index in [4.69, 9.17) is 0 Å². The molecule has 0 N–H and O–H groups in total. The van der Waals surface area contributed by atoms with E-state index in [-0.39, 0.29) is 0 Å². The van der Waals surface area contributed by atoms with Gasteiger partial charge < -0.3 is 0 Å². The van der Waals surface area contributed by atoms with E-state index >= 15 is 0 Å². The normalized spacial score (nSPS) is 34.4. The Morgan fingerprint density at radius 2 is 0.544 bits per heavy atom. The largest absolute Gasteiger partial charge is 0.0625 e. The van der Waals surface area contributed by atoms with E-state index in [1.165, 1.54) is 244 Å². The van der Waals surface area contributed by atoms with Crippen molar-refractivity contribution >= 4 is 0 Å². The van der Waals surface area contributed by atoms with Crippen LogP contribution in [0.15, 0.2) is 0 Å². The zero-order valence-electron chi connectivity index (χ0n) is 58.4. The molecule has 0 aliphatic heterocycles. The van der Waals surface area contributed by atoms with Gasteiger partial charge in [-0.05, 0) is 306 Å². The maximum atomic E-state index is 2.53. The zero-order valence-corrected chi connectivity index (χ0v) is 58.4. The van der Waals surface area contributed by atoms with Crippen molar-refractivity contribution in [2.45, 2.75) is 389 Å². The van der Waals surface area contributed by atoms with Gasteiger partial charge in [0.15, 0.2) is 0 Å². The van der Waals surface area contributed by atoms with Gasteiger partial charge in [-0.15, -0.1) is 0 Å². The van der Waals surface area contributed by atoms with E-state index in [1.807, 2.05) is 0 Å². The van der Waals surface area contributed by atoms with Gasteiger partial charge in [0.1, 0.15) is 0 Å². The van der Waals surface area contributed by atoms with Crippen LogP contribution in [0.2, 0.25) is 0 Å². The molecule has 0 aromatic carbocycles. The van der Waals surface area contributed by atoms with E-state index in [0.29, 0.717) is 27.1 Å². The van der Waals surface area contributed by atoms with Crippen molar-refractivity contribution in [3.8, 4) is 0 Å². The first-order chi connectivity index (χ1) is 36.7. The van der Waals surface area contributed by atoms with Crippen molar-refractivity contribution in [2.75, 3.05) is 0 Å². The monoisotopic (exact) mass is 1100 g/mol. The summed E-state index contributed by atoms with van der Waals surface area (Å²) in [5.74, 6) is 9.64. The van der Waals surface area contributed by atoms with Crippen LogP contribution in [-0.2, 0) is 0 Å². The van der Waals surface area contributed by atoms with Crippen LogP contribution >= 0.6 is 0 Å². The van der Waals surface area contributed by atoms with Crippen molar-refractivity contribution < 1.29 is 0 Å². The first kappa shape index (κ1) is 68.1. The molecule has 0 nitrogen and oxygen atoms in total. The fourth-order valence-electron chi connectivity index (χ4n) is 21.2. The van der Waals surface area contributed by atoms with E-state index in [1.54, 1.807) is 6.42 Å². The average molecular weight is 1100 g/mol. The summed E-state index contributed by atoms with van der Waals surface area (Å²) in [4.78, 5) is 0. The summed E-state index contributed by atoms with van der Waals surface area (Å²) >= 11 is 0. The summed E-state index contributed by atoms with van der Waals surface area (Å²) in [5, 5.41) is 0. The Labute approximate surface area is 499 Å². The van der Waals surface area contributed by atoms with E-state index in [9.17, 15) is 0 Å². The van der Waals surface area contributed by atoms with Gasteiger partial charge in [0.2, 0.25) is 0 Å². The van der Waals surface area contributed by atoms with Crippen LogP contribution in [0.5, 0.6) is 0 Å². The highest BCUT2D eigenvalue weighted by Gasteiger charge is 2.51. The van der Waals surface area contributed by atoms with E-state index < -0.39 is 0 Å². The fraction of sp³-hybridized carbons (Fsp3) is 1.00. The third kappa shape index (κ3) is 19.2. The van der Waals surface area contributed by atoms with Crippen LogP contribution in [0.25, 0.3) is 0 Å². The van der Waals surface area contributed by atoms with Crippen molar-refractivity contribution in [3.63, 3.8) is 0 Å². The second-order valence-electron chi connectivity index (χ2n) is 38.2. The minimum Gasteiger partial charge on any atom is -0.0625 e. The Bertz CT molecular complexity index is 1730. The minimum absolute atomic E-state index is 0.622. The Kier molecular flexibility index (Phi) is 24.0. The van der Waals surface area contributed by atoms with Gasteiger partial charge in [0.05, 0.1) is 0 Å². The maximum Gasteiger partial charge on any atom is -0.0243 e. The Balaban J connectivity index is 0.000000160. The van der Waals surface area contributed by atoms with Gasteiger partial charge in [0, 0.05) is 0 Å². The van der Waals surface area contributed by atoms with Gasteiger partial charge in [-0.25, -0.2) is 0 Å². The second-order valence-corrected chi connectivity index (χ2v) is 38.2. The zero-order chi connectivity index (χ0) is 58.4. The van der Waals surface area contributed by atoms with Crippen LogP contribution in [0.3, 0.4) is 0 Å². The molecule has 0 aromatic heterocycles. The summed E-state index contributed by atoms with van der Waals surface area (Å²) in [7, 11) is 0. The number of rotatable bonds is 5. The SMILES string of the molecule is CC(C)C1CCC2(CC1)CCC(C)(C)CC2.CC(C)C1CCC2(CCCC(C)(C)C2)CC1.CC(C)C1CCCC2(CCC(C)(C)CC2)C1.CC(C)C1CCCC2(CCCC(C)(C)C2)C1.CC(C)C1CCCC2(CCCC2(C)C)C1. The van der Waals surface area contributed by atoms with Crippen molar-refractivity contribution in [3.05, 3.63) is 0 Å². The molecule has 10 fully saturated rings. The Morgan fingerprint density at radius 3 is 0.949 bits per heavy atom. The van der Waals surface area contributed by atoms with Gasteiger partial charge in [-0.1, -0.05) is 196 Å². The minimum atomic E-state index is 0.622. The van der Waals surface area contributed by atoms with Crippen molar-refractivity contribution in [2.24, 2.45) is 113 Å². The lowest BCUT2D eigenvalue weighted by molar-refractivity contribution is 0.0156. The third-order valence-corrected chi connectivity index (χ3v) is 27.8. The fourth-order valence-corrected chi connectivity index (χ4v) is 21.2. The molecule has 0 heteroatoms. The molecule has 5 atom stereocenters. The molecule has 0 radical (unpaired) electrons. The highest BCUT2D eigenvalue weighted by Crippen LogP contribution is 2.62. The molecule has 10 aliphatic rings. The maximum absolute atomic E-state index is 2.53. The van der Waals surface area contributed by atoms with Crippen molar-refractivity contribution in [1.29, 1.82) is 0 Å². The van der Waals surface area contributed by atoms with Gasteiger partial charge >= 0.3 is 0 Å².